The molecule has 0 radical (unpaired) electrons. The van der Waals surface area contributed by atoms with E-state index >= 15 is 0 Å². The van der Waals surface area contributed by atoms with Gasteiger partial charge in [0.05, 0.1) is 13.2 Å². The molecular weight excluding hydrogens is 267 g/mol. The molecule has 0 bridgehead atoms. The number of ether oxygens (including phenoxy) is 1. The molecule has 4 heteroatoms. The first kappa shape index (κ1) is 16.2. The Morgan fingerprint density at radius 2 is 2.00 bits per heavy atom. The van der Waals surface area contributed by atoms with Gasteiger partial charge in [-0.3, -0.25) is 0 Å². The number of benzene rings is 1. The van der Waals surface area contributed by atoms with E-state index in [2.05, 4.69) is 31.2 Å². The molecule has 1 aromatic carbocycles. The highest BCUT2D eigenvalue weighted by molar-refractivity contribution is 5.33. The van der Waals surface area contributed by atoms with Crippen LogP contribution in [0.1, 0.15) is 44.2 Å². The highest BCUT2D eigenvalue weighted by atomic mass is 19.1. The summed E-state index contributed by atoms with van der Waals surface area (Å²) in [6, 6.07) is 5.20. The summed E-state index contributed by atoms with van der Waals surface area (Å²) in [6.45, 7) is 2.90. The van der Waals surface area contributed by atoms with Crippen LogP contribution in [-0.4, -0.2) is 38.2 Å². The van der Waals surface area contributed by atoms with Crippen molar-refractivity contribution in [3.05, 3.63) is 29.6 Å². The largest absolute Gasteiger partial charge is 0.497 e. The Balaban J connectivity index is 2.42. The summed E-state index contributed by atoms with van der Waals surface area (Å²) in [5, 5.41) is 3.52. The van der Waals surface area contributed by atoms with Crippen LogP contribution in [0, 0.1) is 5.82 Å². The van der Waals surface area contributed by atoms with Crippen molar-refractivity contribution in [3.8, 4) is 5.75 Å². The lowest BCUT2D eigenvalue weighted by Gasteiger charge is -2.44. The summed E-state index contributed by atoms with van der Waals surface area (Å²) in [4.78, 5) is 2.27. The molecule has 1 fully saturated rings. The monoisotopic (exact) mass is 294 g/mol. The third kappa shape index (κ3) is 3.06. The Hall–Kier alpha value is -1.13. The van der Waals surface area contributed by atoms with Gasteiger partial charge >= 0.3 is 0 Å². The molecule has 1 saturated carbocycles. The van der Waals surface area contributed by atoms with Crippen LogP contribution in [0.4, 0.5) is 4.39 Å². The number of hydrogen-bond donors (Lipinski definition) is 1. The average Bonchev–Trinajstić information content (AvgIpc) is 2.96. The van der Waals surface area contributed by atoms with Gasteiger partial charge in [0.2, 0.25) is 0 Å². The van der Waals surface area contributed by atoms with E-state index in [-0.39, 0.29) is 17.4 Å². The molecule has 3 nitrogen and oxygen atoms in total. The van der Waals surface area contributed by atoms with Crippen LogP contribution in [0.3, 0.4) is 0 Å². The quantitative estimate of drug-likeness (QED) is 0.870. The zero-order valence-corrected chi connectivity index (χ0v) is 13.6. The second-order valence-corrected chi connectivity index (χ2v) is 6.08. The summed E-state index contributed by atoms with van der Waals surface area (Å²) >= 11 is 0. The van der Waals surface area contributed by atoms with Gasteiger partial charge in [-0.25, -0.2) is 4.39 Å². The van der Waals surface area contributed by atoms with Crippen molar-refractivity contribution < 1.29 is 9.13 Å². The number of rotatable bonds is 6. The fraction of sp³-hybridized carbons (Fsp3) is 0.647. The normalized spacial score (nSPS) is 19.0. The molecule has 1 N–H and O–H groups in total. The molecule has 0 heterocycles. The molecule has 2 rings (SSSR count). The summed E-state index contributed by atoms with van der Waals surface area (Å²) in [5.74, 6) is 0.380. The van der Waals surface area contributed by atoms with E-state index in [0.717, 1.165) is 24.9 Å². The van der Waals surface area contributed by atoms with E-state index in [1.54, 1.807) is 7.11 Å². The lowest BCUT2D eigenvalue weighted by molar-refractivity contribution is 0.103. The van der Waals surface area contributed by atoms with Crippen molar-refractivity contribution >= 4 is 0 Å². The molecule has 1 unspecified atom stereocenters. The first-order chi connectivity index (χ1) is 10.0. The Labute approximate surface area is 127 Å². The van der Waals surface area contributed by atoms with Gasteiger partial charge in [0.25, 0.3) is 0 Å². The van der Waals surface area contributed by atoms with Gasteiger partial charge < -0.3 is 15.0 Å². The zero-order chi connectivity index (χ0) is 15.5. The van der Waals surface area contributed by atoms with E-state index in [0.29, 0.717) is 5.75 Å². The van der Waals surface area contributed by atoms with E-state index in [9.17, 15) is 4.39 Å². The predicted molar refractivity (Wildman–Crippen MR) is 84.3 cm³/mol. The molecule has 1 aromatic rings. The van der Waals surface area contributed by atoms with E-state index in [1.807, 2.05) is 12.1 Å². The molecule has 0 amide bonds. The number of likely N-dealkylation sites (N-methyl/N-ethyl adjacent to an activating group) is 2. The Morgan fingerprint density at radius 1 is 1.33 bits per heavy atom. The summed E-state index contributed by atoms with van der Waals surface area (Å²) in [7, 11) is 5.78. The highest BCUT2D eigenvalue weighted by Crippen LogP contribution is 2.44. The highest BCUT2D eigenvalue weighted by Gasteiger charge is 2.44. The first-order valence-electron chi connectivity index (χ1n) is 7.79. The second kappa shape index (κ2) is 6.75. The van der Waals surface area contributed by atoms with E-state index in [4.69, 9.17) is 4.74 Å². The first-order valence-corrected chi connectivity index (χ1v) is 7.79. The van der Waals surface area contributed by atoms with Gasteiger partial charge in [0.15, 0.2) is 0 Å². The molecule has 0 aromatic heterocycles. The molecule has 0 spiro atoms. The second-order valence-electron chi connectivity index (χ2n) is 6.08. The third-order valence-corrected chi connectivity index (χ3v) is 4.82. The van der Waals surface area contributed by atoms with E-state index in [1.165, 1.54) is 18.9 Å². The van der Waals surface area contributed by atoms with Crippen LogP contribution >= 0.6 is 0 Å². The molecule has 118 valence electrons. The fourth-order valence-electron chi connectivity index (χ4n) is 3.64. The number of hydrogen-bond acceptors (Lipinski definition) is 3. The summed E-state index contributed by atoms with van der Waals surface area (Å²) < 4.78 is 19.7. The van der Waals surface area contributed by atoms with Crippen molar-refractivity contribution in [2.45, 2.75) is 44.2 Å². The Bertz CT molecular complexity index is 470. The van der Waals surface area contributed by atoms with Gasteiger partial charge in [-0.1, -0.05) is 25.8 Å². The number of nitrogens with zero attached hydrogens (tertiary/aromatic N) is 1. The van der Waals surface area contributed by atoms with Gasteiger partial charge in [0.1, 0.15) is 11.6 Å². The van der Waals surface area contributed by atoms with Crippen LogP contribution in [0.25, 0.3) is 0 Å². The molecule has 0 aliphatic heterocycles. The molecule has 21 heavy (non-hydrogen) atoms. The van der Waals surface area contributed by atoms with Crippen LogP contribution < -0.4 is 10.1 Å². The minimum Gasteiger partial charge on any atom is -0.497 e. The van der Waals surface area contributed by atoms with Gasteiger partial charge in [0, 0.05) is 17.2 Å². The average molecular weight is 294 g/mol. The van der Waals surface area contributed by atoms with Crippen molar-refractivity contribution in [3.63, 3.8) is 0 Å². The van der Waals surface area contributed by atoms with Gasteiger partial charge in [-0.05, 0) is 39.5 Å². The van der Waals surface area contributed by atoms with Crippen molar-refractivity contribution in [1.82, 2.24) is 10.2 Å². The van der Waals surface area contributed by atoms with Crippen LogP contribution in [0.2, 0.25) is 0 Å². The number of methoxy groups -OCH3 is 1. The molecular formula is C17H27FN2O. The van der Waals surface area contributed by atoms with Crippen LogP contribution in [0.5, 0.6) is 5.75 Å². The van der Waals surface area contributed by atoms with E-state index < -0.39 is 0 Å². The number of halogens is 1. The SMILES string of the molecule is CCNC(c1ccc(OC)cc1F)C1(N(C)C)CCCC1. The summed E-state index contributed by atoms with van der Waals surface area (Å²) in [5.41, 5.74) is 0.735. The minimum atomic E-state index is -0.187. The van der Waals surface area contributed by atoms with Crippen LogP contribution in [0.15, 0.2) is 18.2 Å². The fourth-order valence-corrected chi connectivity index (χ4v) is 3.64. The maximum Gasteiger partial charge on any atom is 0.131 e. The maximum absolute atomic E-state index is 14.6. The molecule has 0 saturated heterocycles. The maximum atomic E-state index is 14.6. The zero-order valence-electron chi connectivity index (χ0n) is 13.6. The molecule has 1 atom stereocenters. The third-order valence-electron chi connectivity index (χ3n) is 4.82. The molecule has 1 aliphatic rings. The number of nitrogens with one attached hydrogen (secondary N) is 1. The topological polar surface area (TPSA) is 24.5 Å². The Kier molecular flexibility index (Phi) is 5.22. The standard InChI is InChI=1S/C17H27FN2O/c1-5-19-16(17(20(2)3)10-6-7-11-17)14-9-8-13(21-4)12-15(14)18/h8-9,12,16,19H,5-7,10-11H2,1-4H3. The Morgan fingerprint density at radius 3 is 2.48 bits per heavy atom. The lowest BCUT2D eigenvalue weighted by Crippen LogP contribution is -2.52. The van der Waals surface area contributed by atoms with Gasteiger partial charge in [-0.15, -0.1) is 0 Å². The summed E-state index contributed by atoms with van der Waals surface area (Å²) in [6.07, 6.45) is 4.61. The van der Waals surface area contributed by atoms with Crippen molar-refractivity contribution in [1.29, 1.82) is 0 Å². The molecule has 1 aliphatic carbocycles. The smallest absolute Gasteiger partial charge is 0.131 e. The van der Waals surface area contributed by atoms with Gasteiger partial charge in [-0.2, -0.15) is 0 Å². The lowest BCUT2D eigenvalue weighted by atomic mass is 9.82. The van der Waals surface area contributed by atoms with Crippen molar-refractivity contribution in [2.75, 3.05) is 27.7 Å². The van der Waals surface area contributed by atoms with Crippen molar-refractivity contribution in [2.24, 2.45) is 0 Å². The minimum absolute atomic E-state index is 0.00547. The van der Waals surface area contributed by atoms with Crippen LogP contribution in [-0.2, 0) is 0 Å². The predicted octanol–water partition coefficient (Wildman–Crippen LogP) is 3.36.